The number of hydrogen-bond acceptors (Lipinski definition) is 5. The predicted octanol–water partition coefficient (Wildman–Crippen LogP) is 3.05. The minimum absolute atomic E-state index is 0. The van der Waals surface area contributed by atoms with E-state index in [9.17, 15) is 4.79 Å². The zero-order chi connectivity index (χ0) is 17.6. The zero-order valence-corrected chi connectivity index (χ0v) is 16.0. The first-order valence-electron chi connectivity index (χ1n) is 8.78. The molecule has 1 aliphatic rings. The number of nitrogens with one attached hydrogen (secondary N) is 2. The number of halogens is 1. The maximum Gasteiger partial charge on any atom is 0.237 e. The molecule has 2 heterocycles. The van der Waals surface area contributed by atoms with Crippen molar-refractivity contribution in [2.45, 2.75) is 52.3 Å². The smallest absolute Gasteiger partial charge is 0.237 e. The molecule has 0 bridgehead atoms. The van der Waals surface area contributed by atoms with E-state index in [-0.39, 0.29) is 24.4 Å². The average molecular weight is 380 g/mol. The number of benzene rings is 1. The summed E-state index contributed by atoms with van der Waals surface area (Å²) in [7, 11) is 0. The van der Waals surface area contributed by atoms with Gasteiger partial charge < -0.3 is 19.9 Å². The van der Waals surface area contributed by atoms with Crippen LogP contribution in [-0.2, 0) is 17.9 Å². The molecule has 0 radical (unpaired) electrons. The van der Waals surface area contributed by atoms with Crippen molar-refractivity contribution in [1.82, 2.24) is 15.8 Å². The van der Waals surface area contributed by atoms with Crippen LogP contribution in [0.1, 0.15) is 41.8 Å². The normalized spacial score (nSPS) is 17.2. The van der Waals surface area contributed by atoms with Crippen LogP contribution in [0, 0.1) is 13.8 Å². The second-order valence-electron chi connectivity index (χ2n) is 6.46. The lowest BCUT2D eigenvalue weighted by molar-refractivity contribution is -0.122. The van der Waals surface area contributed by atoms with Crippen molar-refractivity contribution in [1.29, 1.82) is 0 Å². The van der Waals surface area contributed by atoms with Crippen molar-refractivity contribution >= 4 is 18.3 Å². The molecular weight excluding hydrogens is 354 g/mol. The first-order valence-corrected chi connectivity index (χ1v) is 8.78. The molecule has 1 aromatic carbocycles. The van der Waals surface area contributed by atoms with Crippen LogP contribution < -0.4 is 15.4 Å². The van der Waals surface area contributed by atoms with Gasteiger partial charge in [-0.05, 0) is 50.8 Å². The first kappa shape index (κ1) is 20.3. The number of hydrogen-bond donors (Lipinski definition) is 2. The molecule has 1 aliphatic heterocycles. The van der Waals surface area contributed by atoms with E-state index in [1.807, 2.05) is 38.1 Å². The summed E-state index contributed by atoms with van der Waals surface area (Å²) in [5.41, 5.74) is 2.98. The summed E-state index contributed by atoms with van der Waals surface area (Å²) in [6, 6.07) is 7.83. The van der Waals surface area contributed by atoms with Crippen LogP contribution in [-0.4, -0.2) is 23.7 Å². The number of aryl methyl sites for hydroxylation is 2. The summed E-state index contributed by atoms with van der Waals surface area (Å²) in [4.78, 5) is 11.9. The van der Waals surface area contributed by atoms with Crippen molar-refractivity contribution in [3.8, 4) is 5.75 Å². The van der Waals surface area contributed by atoms with Crippen LogP contribution >= 0.6 is 12.4 Å². The van der Waals surface area contributed by atoms with Crippen molar-refractivity contribution in [2.24, 2.45) is 0 Å². The third-order valence-electron chi connectivity index (χ3n) is 4.58. The Morgan fingerprint density at radius 3 is 2.73 bits per heavy atom. The van der Waals surface area contributed by atoms with E-state index in [4.69, 9.17) is 9.26 Å². The van der Waals surface area contributed by atoms with Crippen LogP contribution in [0.5, 0.6) is 5.75 Å². The zero-order valence-electron chi connectivity index (χ0n) is 15.2. The van der Waals surface area contributed by atoms with Gasteiger partial charge in [0.05, 0.1) is 17.3 Å². The molecule has 26 heavy (non-hydrogen) atoms. The van der Waals surface area contributed by atoms with Gasteiger partial charge in [-0.1, -0.05) is 17.3 Å². The van der Waals surface area contributed by atoms with Gasteiger partial charge >= 0.3 is 0 Å². The number of carbonyl (C=O) groups excluding carboxylic acids is 1. The molecule has 7 heteroatoms. The van der Waals surface area contributed by atoms with Crippen LogP contribution in [0.15, 0.2) is 28.8 Å². The van der Waals surface area contributed by atoms with Gasteiger partial charge in [0.2, 0.25) is 5.91 Å². The maximum absolute atomic E-state index is 11.9. The minimum atomic E-state index is -0.0991. The Hall–Kier alpha value is -2.05. The van der Waals surface area contributed by atoms with Crippen LogP contribution in [0.2, 0.25) is 0 Å². The van der Waals surface area contributed by atoms with E-state index in [2.05, 4.69) is 15.8 Å². The first-order chi connectivity index (χ1) is 12.1. The maximum atomic E-state index is 11.9. The Balaban J connectivity index is 0.00000243. The molecule has 1 amide bonds. The van der Waals surface area contributed by atoms with Crippen molar-refractivity contribution in [3.63, 3.8) is 0 Å². The molecule has 0 spiro atoms. The lowest BCUT2D eigenvalue weighted by Crippen LogP contribution is -2.42. The van der Waals surface area contributed by atoms with Crippen molar-refractivity contribution < 1.29 is 14.1 Å². The summed E-state index contributed by atoms with van der Waals surface area (Å²) >= 11 is 0. The van der Waals surface area contributed by atoms with E-state index >= 15 is 0 Å². The lowest BCUT2D eigenvalue weighted by atomic mass is 10.1. The number of nitrogens with zero attached hydrogens (tertiary/aromatic N) is 1. The summed E-state index contributed by atoms with van der Waals surface area (Å²) in [6.45, 7) is 5.70. The van der Waals surface area contributed by atoms with Crippen LogP contribution in [0.25, 0.3) is 0 Å². The molecule has 2 aromatic rings. The van der Waals surface area contributed by atoms with Crippen molar-refractivity contribution in [3.05, 3.63) is 46.8 Å². The Labute approximate surface area is 160 Å². The topological polar surface area (TPSA) is 76.4 Å². The highest BCUT2D eigenvalue weighted by molar-refractivity contribution is 5.85. The standard InChI is InChI=1S/C19H25N3O3.ClH/c1-13-17(14(2)25-22-13)12-24-16-8-6-15(7-9-16)11-21-18-5-3-4-10-20-19(18)23;/h6-9,18,21H,3-5,10-12H2,1-2H3,(H,20,23);1H. The van der Waals surface area contributed by atoms with Crippen LogP contribution in [0.4, 0.5) is 0 Å². The van der Waals surface area contributed by atoms with Gasteiger partial charge in [-0.2, -0.15) is 0 Å². The highest BCUT2D eigenvalue weighted by Crippen LogP contribution is 2.18. The molecule has 1 saturated heterocycles. The number of ether oxygens (including phenoxy) is 1. The van der Waals surface area contributed by atoms with Gasteiger partial charge in [0.25, 0.3) is 0 Å². The quantitative estimate of drug-likeness (QED) is 0.806. The fourth-order valence-electron chi connectivity index (χ4n) is 2.94. The molecular formula is C19H26ClN3O3. The summed E-state index contributed by atoms with van der Waals surface area (Å²) in [5.74, 6) is 1.70. The second-order valence-corrected chi connectivity index (χ2v) is 6.46. The highest BCUT2D eigenvalue weighted by Gasteiger charge is 2.19. The number of rotatable bonds is 6. The Morgan fingerprint density at radius 1 is 1.27 bits per heavy atom. The third kappa shape index (κ3) is 5.22. The van der Waals surface area contributed by atoms with Gasteiger partial charge in [0.1, 0.15) is 18.1 Å². The Kier molecular flexibility index (Phi) is 7.48. The van der Waals surface area contributed by atoms with Crippen LogP contribution in [0.3, 0.4) is 0 Å². The molecule has 1 unspecified atom stereocenters. The molecule has 6 nitrogen and oxygen atoms in total. The van der Waals surface area contributed by atoms with Gasteiger partial charge in [0, 0.05) is 13.1 Å². The highest BCUT2D eigenvalue weighted by atomic mass is 35.5. The molecule has 2 N–H and O–H groups in total. The van der Waals surface area contributed by atoms with Gasteiger partial charge in [-0.15, -0.1) is 12.4 Å². The van der Waals surface area contributed by atoms with Gasteiger partial charge in [0.15, 0.2) is 0 Å². The van der Waals surface area contributed by atoms with Gasteiger partial charge in [-0.3, -0.25) is 4.79 Å². The Morgan fingerprint density at radius 2 is 2.04 bits per heavy atom. The summed E-state index contributed by atoms with van der Waals surface area (Å²) < 4.78 is 10.9. The number of amides is 1. The monoisotopic (exact) mass is 379 g/mol. The van der Waals surface area contributed by atoms with E-state index in [1.54, 1.807) is 0 Å². The molecule has 3 rings (SSSR count). The average Bonchev–Trinajstić information content (AvgIpc) is 2.80. The summed E-state index contributed by atoms with van der Waals surface area (Å²) in [6.07, 6.45) is 3.02. The Bertz CT molecular complexity index is 696. The van der Waals surface area contributed by atoms with E-state index in [0.29, 0.717) is 13.2 Å². The number of aromatic nitrogens is 1. The SMILES string of the molecule is Cc1noc(C)c1COc1ccc(CNC2CCCCNC2=O)cc1.Cl. The van der Waals surface area contributed by atoms with E-state index in [1.165, 1.54) is 0 Å². The molecule has 0 saturated carbocycles. The van der Waals surface area contributed by atoms with E-state index < -0.39 is 0 Å². The fraction of sp³-hybridized carbons (Fsp3) is 0.474. The summed E-state index contributed by atoms with van der Waals surface area (Å²) in [5, 5.41) is 10.2. The third-order valence-corrected chi connectivity index (χ3v) is 4.58. The van der Waals surface area contributed by atoms with Gasteiger partial charge in [-0.25, -0.2) is 0 Å². The fourth-order valence-corrected chi connectivity index (χ4v) is 2.94. The molecule has 0 aliphatic carbocycles. The minimum Gasteiger partial charge on any atom is -0.489 e. The lowest BCUT2D eigenvalue weighted by Gasteiger charge is -2.15. The second kappa shape index (κ2) is 9.59. The molecule has 1 fully saturated rings. The molecule has 1 atom stereocenters. The molecule has 1 aromatic heterocycles. The molecule has 142 valence electrons. The predicted molar refractivity (Wildman–Crippen MR) is 101 cm³/mol. The number of carbonyl (C=O) groups is 1. The van der Waals surface area contributed by atoms with Crippen molar-refractivity contribution in [2.75, 3.05) is 6.54 Å². The largest absolute Gasteiger partial charge is 0.489 e. The van der Waals surface area contributed by atoms with E-state index in [0.717, 1.165) is 54.1 Å².